The lowest BCUT2D eigenvalue weighted by atomic mass is 10.2. The van der Waals surface area contributed by atoms with Crippen LogP contribution in [-0.4, -0.2) is 18.1 Å². The molecule has 0 aliphatic carbocycles. The van der Waals surface area contributed by atoms with E-state index in [2.05, 4.69) is 48.5 Å². The van der Waals surface area contributed by atoms with Crippen molar-refractivity contribution in [3.63, 3.8) is 0 Å². The van der Waals surface area contributed by atoms with Crippen molar-refractivity contribution < 1.29 is 13.0 Å². The molecule has 6 heteroatoms. The fourth-order valence-corrected chi connectivity index (χ4v) is 11.8. The summed E-state index contributed by atoms with van der Waals surface area (Å²) in [4.78, 5) is 0. The molecule has 0 saturated heterocycles. The third-order valence-electron chi connectivity index (χ3n) is 5.75. The summed E-state index contributed by atoms with van der Waals surface area (Å²) in [5.41, 5.74) is 4.92. The van der Waals surface area contributed by atoms with E-state index in [4.69, 9.17) is 8.43 Å². The molecule has 0 spiro atoms. The largest absolute Gasteiger partial charge is 0.356 e. The molecule has 4 rings (SSSR count). The summed E-state index contributed by atoms with van der Waals surface area (Å²) in [5, 5.41) is 0. The summed E-state index contributed by atoms with van der Waals surface area (Å²) >= 11 is 0. The lowest BCUT2D eigenvalue weighted by Crippen LogP contribution is -2.26. The minimum Gasteiger partial charge on any atom is -0.356 e. The fourth-order valence-electron chi connectivity index (χ4n) is 4.12. The van der Waals surface area contributed by atoms with Crippen LogP contribution in [0.3, 0.4) is 0 Å². The molecule has 0 unspecified atom stereocenters. The fraction of sp³-hybridized carbons (Fsp3) is 0.143. The molecular weight excluding hydrogens is 471 g/mol. The van der Waals surface area contributed by atoms with Crippen molar-refractivity contribution >= 4 is 26.3 Å². The van der Waals surface area contributed by atoms with Crippen LogP contribution in [0.2, 0.25) is 0 Å². The second-order valence-corrected chi connectivity index (χ2v) is 15.0. The smallest absolute Gasteiger partial charge is 0.299 e. The number of hydrogen-bond donors (Lipinski definition) is 0. The molecule has 0 radical (unpaired) electrons. The lowest BCUT2D eigenvalue weighted by molar-refractivity contribution is 0.417. The molecule has 34 heavy (non-hydrogen) atoms. The minimum absolute atomic E-state index is 0.832. The van der Waals surface area contributed by atoms with Gasteiger partial charge in [0, 0.05) is 0 Å². The maximum Gasteiger partial charge on any atom is 0.299 e. The Bertz CT molecular complexity index is 955. The van der Waals surface area contributed by atoms with Crippen molar-refractivity contribution in [2.45, 2.75) is 24.2 Å². The molecular formula is C28H31O3PSi2. The average molecular weight is 503 g/mol. The van der Waals surface area contributed by atoms with Gasteiger partial charge in [-0.15, -0.1) is 0 Å². The van der Waals surface area contributed by atoms with Crippen molar-refractivity contribution in [3.05, 3.63) is 144 Å². The first-order chi connectivity index (χ1) is 16.7. The van der Waals surface area contributed by atoms with Gasteiger partial charge in [0.15, 0.2) is 18.1 Å². The van der Waals surface area contributed by atoms with Crippen LogP contribution in [0.25, 0.3) is 0 Å². The van der Waals surface area contributed by atoms with Crippen LogP contribution in [0.5, 0.6) is 0 Å². The van der Waals surface area contributed by atoms with E-state index in [0.29, 0.717) is 0 Å². The quantitative estimate of drug-likeness (QED) is 0.176. The first-order valence-electron chi connectivity index (χ1n) is 11.8. The summed E-state index contributed by atoms with van der Waals surface area (Å²) in [6.45, 7) is 0. The van der Waals surface area contributed by atoms with E-state index in [0.717, 1.165) is 24.2 Å². The summed E-state index contributed by atoms with van der Waals surface area (Å²) in [7, 11) is -6.28. The SMILES string of the molecule is O=[PH](O[SiH](Cc1ccccc1)Cc1ccccc1)O[SiH](Cc1ccccc1)Cc1ccccc1. The van der Waals surface area contributed by atoms with Gasteiger partial charge in [-0.3, -0.25) is 4.57 Å². The van der Waals surface area contributed by atoms with Crippen molar-refractivity contribution in [1.82, 2.24) is 0 Å². The summed E-state index contributed by atoms with van der Waals surface area (Å²) in [5.74, 6) is 0. The molecule has 4 aromatic carbocycles. The number of rotatable bonds is 12. The highest BCUT2D eigenvalue weighted by molar-refractivity contribution is 7.36. The summed E-state index contributed by atoms with van der Waals surface area (Å²) < 4.78 is 25.8. The van der Waals surface area contributed by atoms with Gasteiger partial charge in [-0.1, -0.05) is 121 Å². The van der Waals surface area contributed by atoms with Gasteiger partial charge in [0.05, 0.1) is 0 Å². The van der Waals surface area contributed by atoms with Crippen molar-refractivity contribution in [2.75, 3.05) is 0 Å². The van der Waals surface area contributed by atoms with E-state index in [-0.39, 0.29) is 0 Å². The maximum atomic E-state index is 13.2. The highest BCUT2D eigenvalue weighted by Gasteiger charge is 2.22. The highest BCUT2D eigenvalue weighted by Crippen LogP contribution is 2.30. The van der Waals surface area contributed by atoms with E-state index in [9.17, 15) is 4.57 Å². The van der Waals surface area contributed by atoms with Gasteiger partial charge in [-0.25, -0.2) is 0 Å². The van der Waals surface area contributed by atoms with Crippen LogP contribution in [0.15, 0.2) is 121 Å². The van der Waals surface area contributed by atoms with Gasteiger partial charge in [0.25, 0.3) is 8.25 Å². The second-order valence-electron chi connectivity index (χ2n) is 8.49. The Kier molecular flexibility index (Phi) is 9.67. The zero-order chi connectivity index (χ0) is 23.4. The van der Waals surface area contributed by atoms with Crippen molar-refractivity contribution in [1.29, 1.82) is 0 Å². The second kappa shape index (κ2) is 13.4. The molecule has 0 atom stereocenters. The molecule has 0 heterocycles. The average Bonchev–Trinajstić information content (AvgIpc) is 2.86. The van der Waals surface area contributed by atoms with E-state index in [1.54, 1.807) is 0 Å². The monoisotopic (exact) mass is 502 g/mol. The summed E-state index contributed by atoms with van der Waals surface area (Å²) in [6, 6.07) is 44.8. The molecule has 3 nitrogen and oxygen atoms in total. The van der Waals surface area contributed by atoms with Crippen LogP contribution < -0.4 is 0 Å². The molecule has 0 amide bonds. The third kappa shape index (κ3) is 8.35. The normalized spacial score (nSPS) is 11.4. The van der Waals surface area contributed by atoms with Gasteiger partial charge in [0.2, 0.25) is 0 Å². The predicted molar refractivity (Wildman–Crippen MR) is 146 cm³/mol. The van der Waals surface area contributed by atoms with Crippen LogP contribution in [0, 0.1) is 0 Å². The molecule has 0 aliphatic heterocycles. The first kappa shape index (κ1) is 24.6. The Hall–Kier alpha value is -2.54. The van der Waals surface area contributed by atoms with E-state index >= 15 is 0 Å². The van der Waals surface area contributed by atoms with Gasteiger partial charge < -0.3 is 8.43 Å². The van der Waals surface area contributed by atoms with Crippen molar-refractivity contribution in [2.24, 2.45) is 0 Å². The van der Waals surface area contributed by atoms with Gasteiger partial charge >= 0.3 is 0 Å². The van der Waals surface area contributed by atoms with E-state index in [1.165, 1.54) is 22.3 Å². The lowest BCUT2D eigenvalue weighted by Gasteiger charge is -2.20. The molecule has 0 aliphatic rings. The number of hydrogen-bond acceptors (Lipinski definition) is 3. The molecule has 0 fully saturated rings. The molecule has 174 valence electrons. The highest BCUT2D eigenvalue weighted by atomic mass is 31.1. The first-order valence-corrected chi connectivity index (χ1v) is 17.2. The third-order valence-corrected chi connectivity index (χ3v) is 13.7. The Morgan fingerprint density at radius 1 is 0.441 bits per heavy atom. The molecule has 0 bridgehead atoms. The zero-order valence-corrected chi connectivity index (χ0v) is 22.6. The van der Waals surface area contributed by atoms with Gasteiger partial charge in [-0.2, -0.15) is 0 Å². The van der Waals surface area contributed by atoms with Crippen LogP contribution in [0.4, 0.5) is 0 Å². The Morgan fingerprint density at radius 2 is 0.676 bits per heavy atom. The standard InChI is InChI=1S/C28H31O3PSi2/c29-32(30-33(21-25-13-5-1-6-14-25)22-26-15-7-2-8-16-26)31-34(23-27-17-9-3-10-18-27)24-28-19-11-4-12-20-28/h1-20,32-34H,21-24H2. The molecule has 4 aromatic rings. The minimum atomic E-state index is -2.59. The summed E-state index contributed by atoms with van der Waals surface area (Å²) in [6.07, 6.45) is 0. The predicted octanol–water partition coefficient (Wildman–Crippen LogP) is 5.98. The van der Waals surface area contributed by atoms with Crippen molar-refractivity contribution in [3.8, 4) is 0 Å². The van der Waals surface area contributed by atoms with Crippen LogP contribution >= 0.6 is 8.25 Å². The maximum absolute atomic E-state index is 13.2. The molecule has 0 saturated carbocycles. The molecule has 0 aromatic heterocycles. The van der Waals surface area contributed by atoms with E-state index in [1.807, 2.05) is 72.8 Å². The van der Waals surface area contributed by atoms with Gasteiger partial charge in [-0.05, 0) is 46.4 Å². The Morgan fingerprint density at radius 3 is 0.912 bits per heavy atom. The van der Waals surface area contributed by atoms with Gasteiger partial charge in [0.1, 0.15) is 0 Å². The zero-order valence-electron chi connectivity index (χ0n) is 19.3. The van der Waals surface area contributed by atoms with E-state index < -0.39 is 26.3 Å². The molecule has 0 N–H and O–H groups in total. The van der Waals surface area contributed by atoms with Crippen LogP contribution in [0.1, 0.15) is 22.3 Å². The number of benzene rings is 4. The Balaban J connectivity index is 1.45. The Labute approximate surface area is 206 Å². The topological polar surface area (TPSA) is 35.5 Å². The van der Waals surface area contributed by atoms with Crippen LogP contribution in [-0.2, 0) is 37.2 Å².